The number of anilines is 1. The second-order valence-electron chi connectivity index (χ2n) is 6.07. The number of amides is 1. The zero-order valence-electron chi connectivity index (χ0n) is 13.8. The lowest BCUT2D eigenvalue weighted by molar-refractivity contribution is -0.120. The van der Waals surface area contributed by atoms with Crippen LogP contribution in [-0.2, 0) is 16.8 Å². The molecule has 0 spiro atoms. The Morgan fingerprint density at radius 1 is 1.16 bits per heavy atom. The summed E-state index contributed by atoms with van der Waals surface area (Å²) in [6, 6.07) is 16.6. The van der Waals surface area contributed by atoms with E-state index in [0.717, 1.165) is 5.56 Å². The van der Waals surface area contributed by atoms with Gasteiger partial charge in [-0.1, -0.05) is 47.7 Å². The fraction of sp³-hybridized carbons (Fsp3) is 0.222. The summed E-state index contributed by atoms with van der Waals surface area (Å²) in [5, 5.41) is 27.1. The van der Waals surface area contributed by atoms with Gasteiger partial charge in [0.15, 0.2) is 5.82 Å². The molecule has 1 amide bonds. The van der Waals surface area contributed by atoms with Crippen LogP contribution in [-0.4, -0.2) is 31.6 Å². The number of carbonyl (C=O) groups is 1. The minimum absolute atomic E-state index is 0.0262. The van der Waals surface area contributed by atoms with Crippen LogP contribution < -0.4 is 5.32 Å². The lowest BCUT2D eigenvalue weighted by atomic mass is 9.92. The number of tetrazole rings is 1. The topological polar surface area (TPSA) is 104 Å². The average Bonchev–Trinajstić information content (AvgIpc) is 3.10. The van der Waals surface area contributed by atoms with Gasteiger partial charge in [0.2, 0.25) is 5.91 Å². The molecule has 3 N–H and O–H groups in total. The van der Waals surface area contributed by atoms with Crippen LogP contribution in [0.4, 0.5) is 5.69 Å². The molecule has 1 atom stereocenters. The fourth-order valence-electron chi connectivity index (χ4n) is 2.56. The maximum Gasteiger partial charge on any atom is 0.227 e. The third kappa shape index (κ3) is 4.48. The van der Waals surface area contributed by atoms with Crippen molar-refractivity contribution in [2.24, 2.45) is 0 Å². The molecule has 7 heteroatoms. The van der Waals surface area contributed by atoms with Crippen molar-refractivity contribution in [3.63, 3.8) is 0 Å². The second-order valence-corrected chi connectivity index (χ2v) is 6.07. The van der Waals surface area contributed by atoms with E-state index < -0.39 is 5.60 Å². The second kappa shape index (κ2) is 7.23. The van der Waals surface area contributed by atoms with Crippen molar-refractivity contribution in [2.45, 2.75) is 25.4 Å². The highest BCUT2D eigenvalue weighted by atomic mass is 16.3. The van der Waals surface area contributed by atoms with Gasteiger partial charge in [-0.2, -0.15) is 5.21 Å². The lowest BCUT2D eigenvalue weighted by Crippen LogP contribution is -2.28. The number of hydrogen-bond donors (Lipinski definition) is 3. The first-order chi connectivity index (χ1) is 12.0. The van der Waals surface area contributed by atoms with E-state index in [0.29, 0.717) is 23.5 Å². The predicted octanol–water partition coefficient (Wildman–Crippen LogP) is 2.03. The predicted molar refractivity (Wildman–Crippen MR) is 92.7 cm³/mol. The summed E-state index contributed by atoms with van der Waals surface area (Å²) in [6.45, 7) is 1.63. The van der Waals surface area contributed by atoms with Gasteiger partial charge < -0.3 is 10.4 Å². The highest BCUT2D eigenvalue weighted by molar-refractivity contribution is 5.91. The maximum atomic E-state index is 12.2. The van der Waals surface area contributed by atoms with Crippen LogP contribution in [0.15, 0.2) is 54.6 Å². The van der Waals surface area contributed by atoms with Crippen molar-refractivity contribution in [2.75, 3.05) is 5.32 Å². The van der Waals surface area contributed by atoms with E-state index in [1.807, 2.05) is 42.5 Å². The first-order valence-corrected chi connectivity index (χ1v) is 7.92. The van der Waals surface area contributed by atoms with Crippen molar-refractivity contribution >= 4 is 11.6 Å². The minimum atomic E-state index is -1.22. The summed E-state index contributed by atoms with van der Waals surface area (Å²) in [6.07, 6.45) is 0.537. The molecule has 1 unspecified atom stereocenters. The number of carbonyl (C=O) groups excluding carboxylic acids is 1. The van der Waals surface area contributed by atoms with E-state index in [9.17, 15) is 9.90 Å². The number of H-pyrrole nitrogens is 1. The SMILES string of the molecule is CC(O)(CC(=O)Nc1ccc(Cc2nn[nH]n2)cc1)c1ccccc1. The molecule has 3 rings (SSSR count). The number of aromatic amines is 1. The monoisotopic (exact) mass is 337 g/mol. The molecule has 0 aliphatic carbocycles. The zero-order chi connectivity index (χ0) is 17.7. The number of nitrogens with zero attached hydrogens (tertiary/aromatic N) is 3. The Hall–Kier alpha value is -3.06. The van der Waals surface area contributed by atoms with Crippen LogP contribution in [0.3, 0.4) is 0 Å². The average molecular weight is 337 g/mol. The molecule has 25 heavy (non-hydrogen) atoms. The van der Waals surface area contributed by atoms with E-state index in [1.165, 1.54) is 0 Å². The van der Waals surface area contributed by atoms with Gasteiger partial charge in [-0.25, -0.2) is 0 Å². The molecule has 7 nitrogen and oxygen atoms in total. The van der Waals surface area contributed by atoms with Gasteiger partial charge in [0.25, 0.3) is 0 Å². The van der Waals surface area contributed by atoms with E-state index in [1.54, 1.807) is 19.1 Å². The van der Waals surface area contributed by atoms with Crippen LogP contribution in [0.2, 0.25) is 0 Å². The molecule has 2 aromatic carbocycles. The van der Waals surface area contributed by atoms with Crippen LogP contribution in [0.25, 0.3) is 0 Å². The summed E-state index contributed by atoms with van der Waals surface area (Å²) >= 11 is 0. The quantitative estimate of drug-likeness (QED) is 0.638. The Balaban J connectivity index is 1.59. The van der Waals surface area contributed by atoms with Gasteiger partial charge >= 0.3 is 0 Å². The molecule has 0 fully saturated rings. The fourth-order valence-corrected chi connectivity index (χ4v) is 2.56. The summed E-state index contributed by atoms with van der Waals surface area (Å²) in [5.74, 6) is 0.357. The van der Waals surface area contributed by atoms with Gasteiger partial charge in [-0.15, -0.1) is 10.2 Å². The zero-order valence-corrected chi connectivity index (χ0v) is 13.8. The molecule has 0 saturated heterocycles. The van der Waals surface area contributed by atoms with Crippen molar-refractivity contribution in [1.29, 1.82) is 0 Å². The molecule has 1 heterocycles. The molecular weight excluding hydrogens is 318 g/mol. The van der Waals surface area contributed by atoms with Gasteiger partial charge in [-0.3, -0.25) is 4.79 Å². The molecule has 0 aliphatic rings. The van der Waals surface area contributed by atoms with E-state index in [-0.39, 0.29) is 12.3 Å². The van der Waals surface area contributed by atoms with Crippen LogP contribution in [0, 0.1) is 0 Å². The van der Waals surface area contributed by atoms with E-state index >= 15 is 0 Å². The standard InChI is InChI=1S/C18H19N5O2/c1-18(25,14-5-3-2-4-6-14)12-17(24)19-15-9-7-13(8-10-15)11-16-20-22-23-21-16/h2-10,25H,11-12H2,1H3,(H,19,24)(H,20,21,22,23). The Kier molecular flexibility index (Phi) is 4.85. The number of rotatable bonds is 6. The normalized spacial score (nSPS) is 13.2. The number of aliphatic hydroxyl groups is 1. The van der Waals surface area contributed by atoms with Crippen molar-refractivity contribution in [3.05, 3.63) is 71.5 Å². The van der Waals surface area contributed by atoms with E-state index in [4.69, 9.17) is 0 Å². The molecule has 0 aliphatic heterocycles. The maximum absolute atomic E-state index is 12.2. The molecule has 0 bridgehead atoms. The molecule has 0 radical (unpaired) electrons. The Bertz CT molecular complexity index is 814. The Morgan fingerprint density at radius 2 is 1.88 bits per heavy atom. The highest BCUT2D eigenvalue weighted by Crippen LogP contribution is 2.24. The minimum Gasteiger partial charge on any atom is -0.385 e. The largest absolute Gasteiger partial charge is 0.385 e. The number of aromatic nitrogens is 4. The first kappa shape index (κ1) is 16.8. The molecular formula is C18H19N5O2. The number of hydrogen-bond acceptors (Lipinski definition) is 5. The first-order valence-electron chi connectivity index (χ1n) is 7.92. The highest BCUT2D eigenvalue weighted by Gasteiger charge is 2.26. The van der Waals surface area contributed by atoms with Crippen molar-refractivity contribution in [1.82, 2.24) is 20.6 Å². The molecule has 1 aromatic heterocycles. The van der Waals surface area contributed by atoms with Crippen molar-refractivity contribution < 1.29 is 9.90 Å². The third-order valence-electron chi connectivity index (χ3n) is 3.89. The third-order valence-corrected chi connectivity index (χ3v) is 3.89. The molecule has 0 saturated carbocycles. The summed E-state index contributed by atoms with van der Waals surface area (Å²) < 4.78 is 0. The van der Waals surface area contributed by atoms with Crippen molar-refractivity contribution in [3.8, 4) is 0 Å². The van der Waals surface area contributed by atoms with Crippen LogP contribution in [0.5, 0.6) is 0 Å². The lowest BCUT2D eigenvalue weighted by Gasteiger charge is -2.23. The number of nitrogens with one attached hydrogen (secondary N) is 2. The van der Waals surface area contributed by atoms with E-state index in [2.05, 4.69) is 25.9 Å². The summed E-state index contributed by atoms with van der Waals surface area (Å²) in [4.78, 5) is 12.2. The van der Waals surface area contributed by atoms with Crippen LogP contribution >= 0.6 is 0 Å². The van der Waals surface area contributed by atoms with Gasteiger partial charge in [-0.05, 0) is 30.2 Å². The molecule has 128 valence electrons. The smallest absolute Gasteiger partial charge is 0.227 e. The van der Waals surface area contributed by atoms with Gasteiger partial charge in [0, 0.05) is 12.1 Å². The Morgan fingerprint density at radius 3 is 2.52 bits per heavy atom. The van der Waals surface area contributed by atoms with Gasteiger partial charge in [0.1, 0.15) is 0 Å². The van der Waals surface area contributed by atoms with Crippen LogP contribution in [0.1, 0.15) is 30.3 Å². The Labute approximate surface area is 145 Å². The summed E-state index contributed by atoms with van der Waals surface area (Å²) in [5.41, 5.74) is 1.17. The van der Waals surface area contributed by atoms with Gasteiger partial charge in [0.05, 0.1) is 12.0 Å². The molecule has 3 aromatic rings. The summed E-state index contributed by atoms with van der Waals surface area (Å²) in [7, 11) is 0. The number of benzene rings is 2.